The van der Waals surface area contributed by atoms with Crippen LogP contribution in [0.15, 0.2) is 16.5 Å². The Morgan fingerprint density at radius 1 is 1.24 bits per heavy atom. The van der Waals surface area contributed by atoms with Crippen molar-refractivity contribution in [3.05, 3.63) is 34.7 Å². The minimum atomic E-state index is 0.637. The number of oxazole rings is 1. The van der Waals surface area contributed by atoms with Gasteiger partial charge in [-0.2, -0.15) is 0 Å². The highest BCUT2D eigenvalue weighted by Gasteiger charge is 2.25. The molecule has 1 saturated heterocycles. The molecule has 0 amide bonds. The molecule has 1 aromatic heterocycles. The van der Waals surface area contributed by atoms with Gasteiger partial charge in [0.25, 0.3) is 0 Å². The molecule has 0 saturated carbocycles. The largest absolute Gasteiger partial charge is 0.496 e. The van der Waals surface area contributed by atoms with Crippen molar-refractivity contribution in [2.24, 2.45) is 0 Å². The molecule has 1 aliphatic rings. The van der Waals surface area contributed by atoms with Crippen LogP contribution in [0, 0.1) is 20.8 Å². The van der Waals surface area contributed by atoms with Crippen molar-refractivity contribution in [3.8, 4) is 17.2 Å². The number of aryl methyl sites for hydroxylation is 3. The number of likely N-dealkylation sites (N-methyl/N-ethyl adjacent to an activating group) is 1. The van der Waals surface area contributed by atoms with E-state index in [0.717, 1.165) is 53.5 Å². The Hall–Kier alpha value is -1.85. The van der Waals surface area contributed by atoms with E-state index in [-0.39, 0.29) is 0 Å². The second kappa shape index (κ2) is 7.18. The molecule has 0 spiro atoms. The van der Waals surface area contributed by atoms with Crippen LogP contribution < -0.4 is 4.74 Å². The Kier molecular flexibility index (Phi) is 5.16. The minimum absolute atomic E-state index is 0.637. The SMILES string of the molecule is COc1cc(C)c(-c2nc(CN3CC[C@H](N(C)C)C3)c(C)o2)cc1C. The summed E-state index contributed by atoms with van der Waals surface area (Å²) in [5.74, 6) is 2.52. The summed E-state index contributed by atoms with van der Waals surface area (Å²) in [6.45, 7) is 9.19. The van der Waals surface area contributed by atoms with Crippen LogP contribution >= 0.6 is 0 Å². The van der Waals surface area contributed by atoms with Crippen LogP contribution in [0.2, 0.25) is 0 Å². The highest BCUT2D eigenvalue weighted by molar-refractivity contribution is 5.62. The maximum Gasteiger partial charge on any atom is 0.226 e. The van der Waals surface area contributed by atoms with Gasteiger partial charge in [-0.25, -0.2) is 4.98 Å². The van der Waals surface area contributed by atoms with Crippen molar-refractivity contribution >= 4 is 0 Å². The summed E-state index contributed by atoms with van der Waals surface area (Å²) in [5.41, 5.74) is 4.29. The van der Waals surface area contributed by atoms with Gasteiger partial charge in [0.1, 0.15) is 11.5 Å². The van der Waals surface area contributed by atoms with E-state index in [2.05, 4.69) is 36.9 Å². The zero-order valence-electron chi connectivity index (χ0n) is 16.2. The smallest absolute Gasteiger partial charge is 0.226 e. The van der Waals surface area contributed by atoms with Gasteiger partial charge in [0.2, 0.25) is 5.89 Å². The van der Waals surface area contributed by atoms with Crippen molar-refractivity contribution in [2.45, 2.75) is 39.8 Å². The normalized spacial score (nSPS) is 18.3. The molecule has 5 heteroatoms. The van der Waals surface area contributed by atoms with Crippen LogP contribution in [-0.4, -0.2) is 55.1 Å². The lowest BCUT2D eigenvalue weighted by atomic mass is 10.0. The highest BCUT2D eigenvalue weighted by atomic mass is 16.5. The van der Waals surface area contributed by atoms with E-state index in [0.29, 0.717) is 11.9 Å². The number of methoxy groups -OCH3 is 1. The molecule has 1 aliphatic heterocycles. The fourth-order valence-electron chi connectivity index (χ4n) is 3.52. The number of likely N-dealkylation sites (tertiary alicyclic amines) is 1. The first-order chi connectivity index (χ1) is 11.9. The van der Waals surface area contributed by atoms with E-state index in [9.17, 15) is 0 Å². The van der Waals surface area contributed by atoms with Gasteiger partial charge in [-0.05, 0) is 64.5 Å². The first-order valence-corrected chi connectivity index (χ1v) is 8.89. The first kappa shape index (κ1) is 18.0. The number of benzene rings is 1. The van der Waals surface area contributed by atoms with Crippen LogP contribution in [0.1, 0.15) is 29.0 Å². The summed E-state index contributed by atoms with van der Waals surface area (Å²) in [7, 11) is 6.01. The highest BCUT2D eigenvalue weighted by Crippen LogP contribution is 2.31. The van der Waals surface area contributed by atoms with Gasteiger partial charge in [0.05, 0.1) is 12.8 Å². The summed E-state index contributed by atoms with van der Waals surface area (Å²) in [5, 5.41) is 0. The topological polar surface area (TPSA) is 41.7 Å². The first-order valence-electron chi connectivity index (χ1n) is 8.89. The van der Waals surface area contributed by atoms with Gasteiger partial charge in [0.15, 0.2) is 0 Å². The molecule has 25 heavy (non-hydrogen) atoms. The lowest BCUT2D eigenvalue weighted by molar-refractivity contribution is 0.262. The zero-order valence-corrected chi connectivity index (χ0v) is 16.2. The van der Waals surface area contributed by atoms with Crippen LogP contribution in [0.5, 0.6) is 5.75 Å². The number of rotatable bonds is 5. The van der Waals surface area contributed by atoms with Crippen molar-refractivity contribution in [3.63, 3.8) is 0 Å². The molecule has 0 bridgehead atoms. The van der Waals surface area contributed by atoms with Crippen LogP contribution in [0.25, 0.3) is 11.5 Å². The molecule has 0 N–H and O–H groups in total. The summed E-state index contributed by atoms with van der Waals surface area (Å²) >= 11 is 0. The molecule has 0 unspecified atom stereocenters. The predicted molar refractivity (Wildman–Crippen MR) is 100 cm³/mol. The van der Waals surface area contributed by atoms with Crippen molar-refractivity contribution < 1.29 is 9.15 Å². The maximum absolute atomic E-state index is 6.01. The Morgan fingerprint density at radius 2 is 2.00 bits per heavy atom. The number of hydrogen-bond acceptors (Lipinski definition) is 5. The molecular weight excluding hydrogens is 314 g/mol. The van der Waals surface area contributed by atoms with E-state index in [1.165, 1.54) is 6.42 Å². The molecule has 0 radical (unpaired) electrons. The molecule has 0 aliphatic carbocycles. The molecule has 1 fully saturated rings. The lowest BCUT2D eigenvalue weighted by Crippen LogP contribution is -2.31. The van der Waals surface area contributed by atoms with E-state index < -0.39 is 0 Å². The molecule has 136 valence electrons. The van der Waals surface area contributed by atoms with E-state index in [4.69, 9.17) is 14.1 Å². The van der Waals surface area contributed by atoms with E-state index >= 15 is 0 Å². The Morgan fingerprint density at radius 3 is 2.64 bits per heavy atom. The van der Waals surface area contributed by atoms with Crippen molar-refractivity contribution in [2.75, 3.05) is 34.3 Å². The second-order valence-electron chi connectivity index (χ2n) is 7.30. The minimum Gasteiger partial charge on any atom is -0.496 e. The van der Waals surface area contributed by atoms with Gasteiger partial charge in [-0.1, -0.05) is 0 Å². The lowest BCUT2D eigenvalue weighted by Gasteiger charge is -2.19. The number of aromatic nitrogens is 1. The molecule has 1 atom stereocenters. The van der Waals surface area contributed by atoms with Crippen LogP contribution in [-0.2, 0) is 6.54 Å². The molecule has 5 nitrogen and oxygen atoms in total. The molecule has 2 heterocycles. The Labute approximate surface area is 150 Å². The van der Waals surface area contributed by atoms with Gasteiger partial charge in [-0.3, -0.25) is 4.90 Å². The predicted octanol–water partition coefficient (Wildman–Crippen LogP) is 3.41. The Bertz CT molecular complexity index is 752. The standard InChI is InChI=1S/C20H29N3O2/c1-13-10-19(24-6)14(2)9-17(13)20-21-18(15(3)25-20)12-23-8-7-16(11-23)22(4)5/h9-10,16H,7-8,11-12H2,1-6H3/t16-/m0/s1. The summed E-state index contributed by atoms with van der Waals surface area (Å²) < 4.78 is 11.4. The second-order valence-corrected chi connectivity index (χ2v) is 7.30. The van der Waals surface area contributed by atoms with E-state index in [1.807, 2.05) is 19.9 Å². The molecule has 2 aromatic rings. The number of ether oxygens (including phenoxy) is 1. The fraction of sp³-hybridized carbons (Fsp3) is 0.550. The van der Waals surface area contributed by atoms with Gasteiger partial charge in [0, 0.05) is 31.2 Å². The number of nitrogens with zero attached hydrogens (tertiary/aromatic N) is 3. The summed E-state index contributed by atoms with van der Waals surface area (Å²) in [4.78, 5) is 9.58. The van der Waals surface area contributed by atoms with Crippen LogP contribution in [0.3, 0.4) is 0 Å². The number of hydrogen-bond donors (Lipinski definition) is 0. The summed E-state index contributed by atoms with van der Waals surface area (Å²) in [6.07, 6.45) is 1.22. The van der Waals surface area contributed by atoms with Crippen molar-refractivity contribution in [1.29, 1.82) is 0 Å². The third-order valence-corrected chi connectivity index (χ3v) is 5.22. The fourth-order valence-corrected chi connectivity index (χ4v) is 3.52. The zero-order chi connectivity index (χ0) is 18.1. The quantitative estimate of drug-likeness (QED) is 0.832. The average molecular weight is 343 g/mol. The third kappa shape index (κ3) is 3.72. The monoisotopic (exact) mass is 343 g/mol. The summed E-state index contributed by atoms with van der Waals surface area (Å²) in [6, 6.07) is 4.78. The molecule has 3 rings (SSSR count). The molecule has 1 aromatic carbocycles. The average Bonchev–Trinajstić information content (AvgIpc) is 3.17. The third-order valence-electron chi connectivity index (χ3n) is 5.22. The molecular formula is C20H29N3O2. The van der Waals surface area contributed by atoms with Crippen molar-refractivity contribution in [1.82, 2.24) is 14.8 Å². The van der Waals surface area contributed by atoms with Crippen LogP contribution in [0.4, 0.5) is 0 Å². The Balaban J connectivity index is 1.80. The maximum atomic E-state index is 6.01. The van der Waals surface area contributed by atoms with Gasteiger partial charge >= 0.3 is 0 Å². The van der Waals surface area contributed by atoms with Gasteiger partial charge < -0.3 is 14.1 Å². The van der Waals surface area contributed by atoms with Gasteiger partial charge in [-0.15, -0.1) is 0 Å². The van der Waals surface area contributed by atoms with E-state index in [1.54, 1.807) is 7.11 Å².